The maximum absolute atomic E-state index is 12.8. The van der Waals surface area contributed by atoms with Gasteiger partial charge in [-0.1, -0.05) is 30.3 Å². The van der Waals surface area contributed by atoms with E-state index in [2.05, 4.69) is 12.1 Å². The number of nitrogens with one attached hydrogen (secondary N) is 1. The molecule has 2 heterocycles. The molecule has 2 saturated heterocycles. The predicted molar refractivity (Wildman–Crippen MR) is 119 cm³/mol. The molecule has 0 radical (unpaired) electrons. The van der Waals surface area contributed by atoms with Crippen LogP contribution in [-0.4, -0.2) is 87.6 Å². The molecule has 2 unspecified atom stereocenters. The number of methoxy groups -OCH3 is 1. The zero-order chi connectivity index (χ0) is 23.8. The van der Waals surface area contributed by atoms with Crippen LogP contribution in [0.1, 0.15) is 37.2 Å². The number of ether oxygens (including phenoxy) is 2. The summed E-state index contributed by atoms with van der Waals surface area (Å²) in [5.74, 6) is -0.413. The van der Waals surface area contributed by atoms with Crippen LogP contribution >= 0.6 is 0 Å². The van der Waals surface area contributed by atoms with Crippen LogP contribution in [-0.2, 0) is 25.3 Å². The number of piperidine rings is 2. The zero-order valence-corrected chi connectivity index (χ0v) is 19.6. The number of nitrogens with zero attached hydrogens (tertiary/aromatic N) is 2. The van der Waals surface area contributed by atoms with E-state index in [9.17, 15) is 23.6 Å². The van der Waals surface area contributed by atoms with E-state index in [1.807, 2.05) is 23.1 Å². The molecule has 0 bridgehead atoms. The summed E-state index contributed by atoms with van der Waals surface area (Å²) in [6.07, 6.45) is 1.19. The van der Waals surface area contributed by atoms with Crippen LogP contribution in [0.2, 0.25) is 0 Å². The lowest BCUT2D eigenvalue weighted by Crippen LogP contribution is -2.62. The van der Waals surface area contributed by atoms with Crippen LogP contribution in [0.3, 0.4) is 0 Å². The third-order valence-corrected chi connectivity index (χ3v) is 7.88. The molecule has 33 heavy (non-hydrogen) atoms. The Balaban J connectivity index is 1.71. The highest BCUT2D eigenvalue weighted by Crippen LogP contribution is 2.41. The number of carbonyl (C=O) groups is 2. The van der Waals surface area contributed by atoms with E-state index < -0.39 is 33.9 Å². The molecular weight excluding hydrogens is 450 g/mol. The molecule has 2 N–H and O–H groups in total. The van der Waals surface area contributed by atoms with Crippen molar-refractivity contribution in [3.63, 3.8) is 0 Å². The number of benzene rings is 1. The summed E-state index contributed by atoms with van der Waals surface area (Å²) in [5, 5.41) is 8.35. The lowest BCUT2D eigenvalue weighted by Gasteiger charge is -2.50. The van der Waals surface area contributed by atoms with E-state index in [0.29, 0.717) is 19.0 Å². The van der Waals surface area contributed by atoms with Gasteiger partial charge >= 0.3 is 6.09 Å². The summed E-state index contributed by atoms with van der Waals surface area (Å²) < 4.78 is 34.9. The first-order valence-electron chi connectivity index (χ1n) is 11.1. The monoisotopic (exact) mass is 482 g/mol. The van der Waals surface area contributed by atoms with Gasteiger partial charge in [0.15, 0.2) is 0 Å². The van der Waals surface area contributed by atoms with E-state index in [1.165, 1.54) is 17.6 Å². The predicted octanol–water partition coefficient (Wildman–Crippen LogP) is 1.44. The van der Waals surface area contributed by atoms with Crippen LogP contribution in [0.25, 0.3) is 0 Å². The van der Waals surface area contributed by atoms with Gasteiger partial charge in [0.05, 0.1) is 17.4 Å². The SMILES string of the molecule is COCCOC(=O)N1CCC(C(=O)NO)(C(N2CCC(c3ccccc3)CC2)S(=O)[O-])CC1. The van der Waals surface area contributed by atoms with E-state index in [0.717, 1.165) is 12.8 Å². The van der Waals surface area contributed by atoms with E-state index >= 15 is 0 Å². The second kappa shape index (κ2) is 11.9. The van der Waals surface area contributed by atoms with Gasteiger partial charge in [-0.2, -0.15) is 0 Å². The van der Waals surface area contributed by atoms with E-state index in [-0.39, 0.29) is 39.1 Å². The van der Waals surface area contributed by atoms with E-state index in [1.54, 1.807) is 5.48 Å². The number of hydrogen-bond donors (Lipinski definition) is 2. The second-order valence-electron chi connectivity index (χ2n) is 8.53. The summed E-state index contributed by atoms with van der Waals surface area (Å²) in [6.45, 7) is 1.70. The maximum atomic E-state index is 12.8. The molecule has 2 aliphatic heterocycles. The highest BCUT2D eigenvalue weighted by molar-refractivity contribution is 7.79. The summed E-state index contributed by atoms with van der Waals surface area (Å²) >= 11 is -2.59. The van der Waals surface area contributed by atoms with Gasteiger partial charge in [-0.3, -0.25) is 19.1 Å². The molecule has 1 aromatic carbocycles. The van der Waals surface area contributed by atoms with Gasteiger partial charge in [0, 0.05) is 20.2 Å². The van der Waals surface area contributed by atoms with Crippen LogP contribution in [0.4, 0.5) is 4.79 Å². The first-order chi connectivity index (χ1) is 15.9. The Labute approximate surface area is 196 Å². The van der Waals surface area contributed by atoms with Gasteiger partial charge in [-0.15, -0.1) is 0 Å². The van der Waals surface area contributed by atoms with Gasteiger partial charge in [-0.25, -0.2) is 10.3 Å². The fourth-order valence-electron chi connectivity index (χ4n) is 4.94. The average Bonchev–Trinajstić information content (AvgIpc) is 2.85. The number of rotatable bonds is 8. The van der Waals surface area contributed by atoms with Gasteiger partial charge in [0.25, 0.3) is 5.91 Å². The second-order valence-corrected chi connectivity index (χ2v) is 9.49. The summed E-state index contributed by atoms with van der Waals surface area (Å²) in [4.78, 5) is 28.4. The van der Waals surface area contributed by atoms with Crippen molar-refractivity contribution in [1.29, 1.82) is 0 Å². The van der Waals surface area contributed by atoms with Crippen molar-refractivity contribution in [2.24, 2.45) is 5.41 Å². The van der Waals surface area contributed by atoms with Crippen molar-refractivity contribution in [3.05, 3.63) is 35.9 Å². The van der Waals surface area contributed by atoms with Gasteiger partial charge in [-0.05, 0) is 61.3 Å². The van der Waals surface area contributed by atoms with E-state index in [4.69, 9.17) is 9.47 Å². The smallest absolute Gasteiger partial charge is 0.409 e. The molecule has 2 fully saturated rings. The Hall–Kier alpha value is -2.05. The Kier molecular flexibility index (Phi) is 9.21. The molecule has 0 aliphatic carbocycles. The quantitative estimate of drug-likeness (QED) is 0.246. The number of amides is 2. The first kappa shape index (κ1) is 25.6. The van der Waals surface area contributed by atoms with Crippen LogP contribution in [0.5, 0.6) is 0 Å². The highest BCUT2D eigenvalue weighted by Gasteiger charge is 2.51. The third-order valence-electron chi connectivity index (χ3n) is 6.77. The number of hydrogen-bond acceptors (Lipinski definition) is 8. The summed E-state index contributed by atoms with van der Waals surface area (Å²) in [5.41, 5.74) is 1.53. The summed E-state index contributed by atoms with van der Waals surface area (Å²) in [7, 11) is 1.50. The minimum Gasteiger partial charge on any atom is -0.771 e. The Morgan fingerprint density at radius 3 is 2.36 bits per heavy atom. The number of hydroxylamine groups is 1. The molecule has 10 nitrogen and oxygen atoms in total. The lowest BCUT2D eigenvalue weighted by atomic mass is 9.76. The normalized spacial score (nSPS) is 21.2. The van der Waals surface area contributed by atoms with Crippen molar-refractivity contribution < 1.29 is 33.0 Å². The molecular formula is C22H32N3O7S-. The van der Waals surface area contributed by atoms with Crippen LogP contribution in [0, 0.1) is 5.41 Å². The molecule has 2 atom stereocenters. The topological polar surface area (TPSA) is 131 Å². The molecule has 1 aromatic rings. The molecule has 3 rings (SSSR count). The fourth-order valence-corrected chi connectivity index (χ4v) is 6.10. The van der Waals surface area contributed by atoms with Crippen LogP contribution < -0.4 is 5.48 Å². The molecule has 11 heteroatoms. The number of carbonyl (C=O) groups excluding carboxylic acids is 2. The van der Waals surface area contributed by atoms with Crippen molar-refractivity contribution in [3.8, 4) is 0 Å². The van der Waals surface area contributed by atoms with Crippen molar-refractivity contribution in [2.75, 3.05) is 46.5 Å². The van der Waals surface area contributed by atoms with Gasteiger partial charge in [0.2, 0.25) is 0 Å². The summed E-state index contributed by atoms with van der Waals surface area (Å²) in [6, 6.07) is 10.1. The molecule has 0 saturated carbocycles. The van der Waals surface area contributed by atoms with Crippen molar-refractivity contribution in [2.45, 2.75) is 37.0 Å². The molecule has 2 aliphatic rings. The average molecular weight is 483 g/mol. The Morgan fingerprint density at radius 1 is 1.18 bits per heavy atom. The first-order valence-corrected chi connectivity index (χ1v) is 12.3. The van der Waals surface area contributed by atoms with Gasteiger partial charge < -0.3 is 18.9 Å². The largest absolute Gasteiger partial charge is 0.771 e. The van der Waals surface area contributed by atoms with Crippen molar-refractivity contribution in [1.82, 2.24) is 15.3 Å². The van der Waals surface area contributed by atoms with Crippen molar-refractivity contribution >= 4 is 23.1 Å². The molecule has 184 valence electrons. The third kappa shape index (κ3) is 5.90. The lowest BCUT2D eigenvalue weighted by molar-refractivity contribution is -0.146. The fraction of sp³-hybridized carbons (Fsp3) is 0.636. The molecule has 2 amide bonds. The number of likely N-dealkylation sites (tertiary alicyclic amines) is 2. The minimum atomic E-state index is -2.59. The van der Waals surface area contributed by atoms with Gasteiger partial charge in [0.1, 0.15) is 6.61 Å². The molecule has 0 spiro atoms. The maximum Gasteiger partial charge on any atom is 0.409 e. The highest BCUT2D eigenvalue weighted by atomic mass is 32.2. The standard InChI is InChI=1S/C22H33N3O7S/c1-31-15-16-32-21(27)25-13-9-22(10-14-25,19(26)23-28)20(33(29)30)24-11-7-18(8-12-24)17-5-3-2-4-6-17/h2-6,18,20,28H,7-16H2,1H3,(H,23,26)(H,29,30)/p-1. The minimum absolute atomic E-state index is 0.0933. The Bertz CT molecular complexity index is 809. The molecule has 0 aromatic heterocycles. The zero-order valence-electron chi connectivity index (χ0n) is 18.8. The van der Waals surface area contributed by atoms with Crippen LogP contribution in [0.15, 0.2) is 30.3 Å². The Morgan fingerprint density at radius 2 is 1.82 bits per heavy atom.